The van der Waals surface area contributed by atoms with Crippen LogP contribution in [0.2, 0.25) is 0 Å². The zero-order valence-corrected chi connectivity index (χ0v) is 8.65. The molecule has 82 valence electrons. The minimum absolute atomic E-state index is 0.127. The molecule has 5 heteroatoms. The number of nitrogens with two attached hydrogens (primary N) is 1. The Kier molecular flexibility index (Phi) is 3.01. The first kappa shape index (κ1) is 10.2. The second kappa shape index (κ2) is 4.44. The predicted molar refractivity (Wildman–Crippen MR) is 58.9 cm³/mol. The van der Waals surface area contributed by atoms with Gasteiger partial charge in [-0.2, -0.15) is 0 Å². The fourth-order valence-corrected chi connectivity index (χ4v) is 1.85. The van der Waals surface area contributed by atoms with Crippen molar-refractivity contribution in [2.75, 3.05) is 18.0 Å². The fourth-order valence-electron chi connectivity index (χ4n) is 1.85. The molecule has 1 aromatic heterocycles. The van der Waals surface area contributed by atoms with Gasteiger partial charge in [0.1, 0.15) is 0 Å². The molecule has 0 unspecified atom stereocenters. The Labute approximate surface area is 88.3 Å². The maximum Gasteiger partial charge on any atom is 0.290 e. The van der Waals surface area contributed by atoms with Crippen molar-refractivity contribution in [2.45, 2.75) is 25.3 Å². The predicted octanol–water partition coefficient (Wildman–Crippen LogP) is 0.0875. The van der Waals surface area contributed by atoms with E-state index in [4.69, 9.17) is 5.73 Å². The standard InChI is InChI=1S/C10H16N4O/c11-4-7-14(8-2-1-3-8)9-10(15)13-6-5-12-9/h5-6,8H,1-4,7,11H2,(H,13,15). The molecule has 0 radical (unpaired) electrons. The highest BCUT2D eigenvalue weighted by molar-refractivity contribution is 5.37. The Morgan fingerprint density at radius 3 is 2.93 bits per heavy atom. The summed E-state index contributed by atoms with van der Waals surface area (Å²) in [6.07, 6.45) is 6.66. The van der Waals surface area contributed by atoms with Crippen molar-refractivity contribution < 1.29 is 0 Å². The molecule has 15 heavy (non-hydrogen) atoms. The lowest BCUT2D eigenvalue weighted by Gasteiger charge is -2.37. The van der Waals surface area contributed by atoms with Crippen LogP contribution in [0.1, 0.15) is 19.3 Å². The van der Waals surface area contributed by atoms with Gasteiger partial charge in [-0.15, -0.1) is 0 Å². The average Bonchev–Trinajstić information content (AvgIpc) is 2.15. The van der Waals surface area contributed by atoms with Gasteiger partial charge in [0.25, 0.3) is 5.56 Å². The first-order valence-corrected chi connectivity index (χ1v) is 5.33. The van der Waals surface area contributed by atoms with Gasteiger partial charge in [-0.3, -0.25) is 4.79 Å². The van der Waals surface area contributed by atoms with Crippen LogP contribution in [0.3, 0.4) is 0 Å². The van der Waals surface area contributed by atoms with Gasteiger partial charge in [0.05, 0.1) is 0 Å². The van der Waals surface area contributed by atoms with Gasteiger partial charge in [-0.1, -0.05) is 0 Å². The SMILES string of the molecule is NCCN(c1ncc[nH]c1=O)C1CCC1. The third kappa shape index (κ3) is 2.02. The largest absolute Gasteiger partial charge is 0.348 e. The zero-order valence-electron chi connectivity index (χ0n) is 8.65. The van der Waals surface area contributed by atoms with Crippen LogP contribution in [0, 0.1) is 0 Å². The Balaban J connectivity index is 2.23. The highest BCUT2D eigenvalue weighted by Crippen LogP contribution is 2.26. The molecule has 0 aromatic carbocycles. The summed E-state index contributed by atoms with van der Waals surface area (Å²) in [7, 11) is 0. The molecular formula is C10H16N4O. The monoisotopic (exact) mass is 208 g/mol. The van der Waals surface area contributed by atoms with Crippen molar-refractivity contribution in [3.63, 3.8) is 0 Å². The number of nitrogens with zero attached hydrogens (tertiary/aromatic N) is 2. The number of aromatic amines is 1. The van der Waals surface area contributed by atoms with E-state index in [2.05, 4.69) is 9.97 Å². The highest BCUT2D eigenvalue weighted by Gasteiger charge is 2.26. The molecule has 1 fully saturated rings. The molecule has 0 bridgehead atoms. The van der Waals surface area contributed by atoms with E-state index >= 15 is 0 Å². The van der Waals surface area contributed by atoms with E-state index < -0.39 is 0 Å². The lowest BCUT2D eigenvalue weighted by molar-refractivity contribution is 0.385. The normalized spacial score (nSPS) is 16.1. The first-order chi connectivity index (χ1) is 7.33. The van der Waals surface area contributed by atoms with E-state index in [0.29, 0.717) is 24.9 Å². The number of hydrogen-bond donors (Lipinski definition) is 2. The first-order valence-electron chi connectivity index (χ1n) is 5.33. The summed E-state index contributed by atoms with van der Waals surface area (Å²) in [4.78, 5) is 20.4. The molecule has 0 saturated heterocycles. The molecule has 5 nitrogen and oxygen atoms in total. The van der Waals surface area contributed by atoms with Gasteiger partial charge in [-0.05, 0) is 19.3 Å². The number of hydrogen-bond acceptors (Lipinski definition) is 4. The van der Waals surface area contributed by atoms with Crippen LogP contribution >= 0.6 is 0 Å². The molecule has 2 rings (SSSR count). The second-order valence-electron chi connectivity index (χ2n) is 3.81. The number of aromatic nitrogens is 2. The Morgan fingerprint density at radius 1 is 1.60 bits per heavy atom. The van der Waals surface area contributed by atoms with Crippen LogP contribution in [0.5, 0.6) is 0 Å². The van der Waals surface area contributed by atoms with E-state index in [0.717, 1.165) is 12.8 Å². The van der Waals surface area contributed by atoms with Gasteiger partial charge in [-0.25, -0.2) is 4.98 Å². The van der Waals surface area contributed by atoms with Crippen molar-refractivity contribution >= 4 is 5.82 Å². The van der Waals surface area contributed by atoms with Crippen LogP contribution in [0.4, 0.5) is 5.82 Å². The third-order valence-electron chi connectivity index (χ3n) is 2.85. The van der Waals surface area contributed by atoms with E-state index in [-0.39, 0.29) is 5.56 Å². The third-order valence-corrected chi connectivity index (χ3v) is 2.85. The molecule has 0 spiro atoms. The molecule has 1 aliphatic carbocycles. The number of H-pyrrole nitrogens is 1. The highest BCUT2D eigenvalue weighted by atomic mass is 16.1. The van der Waals surface area contributed by atoms with Crippen LogP contribution in [-0.2, 0) is 0 Å². The molecule has 0 aliphatic heterocycles. The minimum Gasteiger partial charge on any atom is -0.348 e. The summed E-state index contributed by atoms with van der Waals surface area (Å²) in [5, 5.41) is 0. The van der Waals surface area contributed by atoms with Gasteiger partial charge < -0.3 is 15.6 Å². The molecule has 1 heterocycles. The van der Waals surface area contributed by atoms with Gasteiger partial charge in [0.2, 0.25) is 0 Å². The molecule has 0 amide bonds. The van der Waals surface area contributed by atoms with Crippen LogP contribution in [-0.4, -0.2) is 29.1 Å². The maximum atomic E-state index is 11.6. The molecule has 3 N–H and O–H groups in total. The Hall–Kier alpha value is -1.36. The maximum absolute atomic E-state index is 11.6. The van der Waals surface area contributed by atoms with Crippen LogP contribution in [0.15, 0.2) is 17.2 Å². The molecular weight excluding hydrogens is 192 g/mol. The van der Waals surface area contributed by atoms with Gasteiger partial charge in [0, 0.05) is 31.5 Å². The summed E-state index contributed by atoms with van der Waals surface area (Å²) >= 11 is 0. The summed E-state index contributed by atoms with van der Waals surface area (Å²) in [6.45, 7) is 1.25. The van der Waals surface area contributed by atoms with E-state index in [1.54, 1.807) is 12.4 Å². The molecule has 1 aromatic rings. The topological polar surface area (TPSA) is 75.0 Å². The number of anilines is 1. The van der Waals surface area contributed by atoms with Crippen molar-refractivity contribution in [1.82, 2.24) is 9.97 Å². The average molecular weight is 208 g/mol. The summed E-state index contributed by atoms with van der Waals surface area (Å²) in [5.41, 5.74) is 5.42. The number of rotatable bonds is 4. The molecule has 1 saturated carbocycles. The van der Waals surface area contributed by atoms with Gasteiger partial charge >= 0.3 is 0 Å². The van der Waals surface area contributed by atoms with Crippen LogP contribution in [0.25, 0.3) is 0 Å². The van der Waals surface area contributed by atoms with Gasteiger partial charge in [0.15, 0.2) is 5.82 Å². The summed E-state index contributed by atoms with van der Waals surface area (Å²) in [6, 6.07) is 0.449. The Bertz CT molecular complexity index is 372. The van der Waals surface area contributed by atoms with Crippen molar-refractivity contribution in [2.24, 2.45) is 5.73 Å². The zero-order chi connectivity index (χ0) is 10.7. The molecule has 0 atom stereocenters. The van der Waals surface area contributed by atoms with E-state index in [1.165, 1.54) is 6.42 Å². The lowest BCUT2D eigenvalue weighted by Crippen LogP contribution is -2.45. The smallest absolute Gasteiger partial charge is 0.290 e. The quantitative estimate of drug-likeness (QED) is 0.735. The second-order valence-corrected chi connectivity index (χ2v) is 3.81. The lowest BCUT2D eigenvalue weighted by atomic mass is 9.91. The van der Waals surface area contributed by atoms with Crippen LogP contribution < -0.4 is 16.2 Å². The van der Waals surface area contributed by atoms with E-state index in [9.17, 15) is 4.79 Å². The van der Waals surface area contributed by atoms with Crippen molar-refractivity contribution in [3.05, 3.63) is 22.7 Å². The minimum atomic E-state index is -0.127. The summed E-state index contributed by atoms with van der Waals surface area (Å²) < 4.78 is 0. The van der Waals surface area contributed by atoms with Crippen molar-refractivity contribution in [1.29, 1.82) is 0 Å². The molecule has 1 aliphatic rings. The fraction of sp³-hybridized carbons (Fsp3) is 0.600. The van der Waals surface area contributed by atoms with E-state index in [1.807, 2.05) is 4.90 Å². The Morgan fingerprint density at radius 2 is 2.40 bits per heavy atom. The van der Waals surface area contributed by atoms with Crippen molar-refractivity contribution in [3.8, 4) is 0 Å². The number of nitrogens with one attached hydrogen (secondary N) is 1. The summed E-state index contributed by atoms with van der Waals surface area (Å²) in [5.74, 6) is 0.507.